The van der Waals surface area contributed by atoms with Crippen LogP contribution in [-0.2, 0) is 11.2 Å². The summed E-state index contributed by atoms with van der Waals surface area (Å²) in [6.45, 7) is 4.27. The summed E-state index contributed by atoms with van der Waals surface area (Å²) < 4.78 is 7.30. The van der Waals surface area contributed by atoms with Gasteiger partial charge in [0.05, 0.1) is 30.7 Å². The lowest BCUT2D eigenvalue weighted by Gasteiger charge is -2.36. The first-order valence-corrected chi connectivity index (χ1v) is 13.8. The molecule has 38 heavy (non-hydrogen) atoms. The number of amides is 2. The summed E-state index contributed by atoms with van der Waals surface area (Å²) >= 11 is 0. The third-order valence-corrected chi connectivity index (χ3v) is 7.63. The predicted octanol–water partition coefficient (Wildman–Crippen LogP) is 4.44. The zero-order valence-electron chi connectivity index (χ0n) is 22.0. The third-order valence-electron chi connectivity index (χ3n) is 7.63. The lowest BCUT2D eigenvalue weighted by Crippen LogP contribution is -2.54. The van der Waals surface area contributed by atoms with Crippen molar-refractivity contribution < 1.29 is 14.3 Å². The number of ether oxygens (including phenoxy) is 1. The first-order valence-electron chi connectivity index (χ1n) is 13.8. The van der Waals surface area contributed by atoms with E-state index in [4.69, 9.17) is 9.72 Å². The second-order valence-electron chi connectivity index (χ2n) is 10.1. The smallest absolute Gasteiger partial charge is 0.407 e. The molecule has 1 aliphatic heterocycles. The Labute approximate surface area is 224 Å². The van der Waals surface area contributed by atoms with E-state index in [2.05, 4.69) is 27.3 Å². The van der Waals surface area contributed by atoms with Crippen LogP contribution in [0.1, 0.15) is 54.7 Å². The van der Waals surface area contributed by atoms with Crippen LogP contribution in [-0.4, -0.2) is 64.8 Å². The van der Waals surface area contributed by atoms with Gasteiger partial charge in [-0.05, 0) is 31.7 Å². The lowest BCUT2D eigenvalue weighted by atomic mass is 9.89. The van der Waals surface area contributed by atoms with Gasteiger partial charge in [-0.3, -0.25) is 4.79 Å². The molecule has 2 N–H and O–H groups in total. The molecule has 2 amide bonds. The molecule has 5 rings (SSSR count). The normalized spacial score (nSPS) is 21.6. The molecule has 1 saturated heterocycles. The van der Waals surface area contributed by atoms with E-state index in [1.807, 2.05) is 53.4 Å². The van der Waals surface area contributed by atoms with Gasteiger partial charge in [0.2, 0.25) is 0 Å². The number of imidazole rings is 1. The first kappa shape index (κ1) is 26.0. The van der Waals surface area contributed by atoms with Gasteiger partial charge in [0.15, 0.2) is 5.69 Å². The third kappa shape index (κ3) is 5.75. The van der Waals surface area contributed by atoms with Gasteiger partial charge < -0.3 is 24.8 Å². The van der Waals surface area contributed by atoms with Crippen LogP contribution in [0.4, 0.5) is 4.79 Å². The number of nitrogens with zero attached hydrogens (tertiary/aromatic N) is 3. The van der Waals surface area contributed by atoms with Crippen LogP contribution >= 0.6 is 0 Å². The Morgan fingerprint density at radius 1 is 1.05 bits per heavy atom. The zero-order chi connectivity index (χ0) is 26.3. The Hall–Kier alpha value is -3.65. The molecule has 2 aromatic carbocycles. The maximum atomic E-state index is 14.2. The number of carbonyl (C=O) groups excluding carboxylic acids is 2. The average molecular weight is 516 g/mol. The molecule has 2 fully saturated rings. The molecule has 2 heterocycles. The Kier molecular flexibility index (Phi) is 8.38. The van der Waals surface area contributed by atoms with Crippen molar-refractivity contribution in [1.82, 2.24) is 25.1 Å². The Balaban J connectivity index is 1.49. The Morgan fingerprint density at radius 2 is 1.79 bits per heavy atom. The minimum absolute atomic E-state index is 0.0134. The van der Waals surface area contributed by atoms with Gasteiger partial charge in [-0.1, -0.05) is 73.5 Å². The number of hydrogen-bond acceptors (Lipinski definition) is 5. The van der Waals surface area contributed by atoms with Crippen LogP contribution in [0.15, 0.2) is 67.0 Å². The average Bonchev–Trinajstić information content (AvgIpc) is 3.39. The number of carbonyl (C=O) groups is 2. The number of aromatic nitrogens is 2. The highest BCUT2D eigenvalue weighted by atomic mass is 16.5. The molecule has 0 spiro atoms. The highest BCUT2D eigenvalue weighted by molar-refractivity contribution is 5.98. The van der Waals surface area contributed by atoms with Gasteiger partial charge in [0, 0.05) is 31.2 Å². The minimum atomic E-state index is -0.397. The number of alkyl carbamates (subject to hydrolysis) is 1. The van der Waals surface area contributed by atoms with Crippen LogP contribution in [0.3, 0.4) is 0 Å². The lowest BCUT2D eigenvalue weighted by molar-refractivity contribution is 0.0631. The molecule has 200 valence electrons. The molecule has 1 aliphatic carbocycles. The van der Waals surface area contributed by atoms with Gasteiger partial charge >= 0.3 is 6.09 Å². The predicted molar refractivity (Wildman–Crippen MR) is 147 cm³/mol. The first-order chi connectivity index (χ1) is 18.7. The molecule has 3 atom stereocenters. The van der Waals surface area contributed by atoms with E-state index in [1.165, 1.54) is 5.56 Å². The van der Waals surface area contributed by atoms with Crippen LogP contribution in [0.2, 0.25) is 0 Å². The molecule has 8 heteroatoms. The van der Waals surface area contributed by atoms with Crippen molar-refractivity contribution in [2.24, 2.45) is 0 Å². The fourth-order valence-corrected chi connectivity index (χ4v) is 5.82. The fourth-order valence-electron chi connectivity index (χ4n) is 5.82. The molecule has 1 saturated carbocycles. The van der Waals surface area contributed by atoms with Gasteiger partial charge in [-0.25, -0.2) is 9.78 Å². The molecule has 8 nitrogen and oxygen atoms in total. The Bertz CT molecular complexity index is 1210. The summed E-state index contributed by atoms with van der Waals surface area (Å²) in [4.78, 5) is 33.2. The molecule has 1 aromatic heterocycles. The van der Waals surface area contributed by atoms with Gasteiger partial charge in [-0.15, -0.1) is 0 Å². The molecule has 3 aromatic rings. The van der Waals surface area contributed by atoms with Crippen molar-refractivity contribution in [3.05, 3.63) is 78.2 Å². The summed E-state index contributed by atoms with van der Waals surface area (Å²) in [5, 5.41) is 6.53. The van der Waals surface area contributed by atoms with Crippen LogP contribution in [0, 0.1) is 0 Å². The molecule has 0 bridgehead atoms. The van der Waals surface area contributed by atoms with Gasteiger partial charge in [0.1, 0.15) is 0 Å². The van der Waals surface area contributed by atoms with Gasteiger partial charge in [-0.2, -0.15) is 0 Å². The maximum Gasteiger partial charge on any atom is 0.407 e. The van der Waals surface area contributed by atoms with Crippen LogP contribution in [0.5, 0.6) is 0 Å². The number of piperazine rings is 1. The van der Waals surface area contributed by atoms with Crippen molar-refractivity contribution >= 4 is 12.0 Å². The zero-order valence-corrected chi connectivity index (χ0v) is 22.0. The maximum absolute atomic E-state index is 14.2. The SMILES string of the molecule is CCOC(=O)N[C@@H]1CCCC[C@H]1n1cnc(C(=O)N2CCNC[C@H]2Cc2ccccc2)c1-c1ccccc1. The summed E-state index contributed by atoms with van der Waals surface area (Å²) in [6.07, 6.45) is 6.03. The second kappa shape index (κ2) is 12.3. The van der Waals surface area contributed by atoms with Crippen molar-refractivity contribution in [2.75, 3.05) is 26.2 Å². The van der Waals surface area contributed by atoms with E-state index in [0.717, 1.165) is 56.5 Å². The highest BCUT2D eigenvalue weighted by Gasteiger charge is 2.35. The summed E-state index contributed by atoms with van der Waals surface area (Å²) in [5.41, 5.74) is 3.44. The quantitative estimate of drug-likeness (QED) is 0.486. The monoisotopic (exact) mass is 515 g/mol. The molecular weight excluding hydrogens is 478 g/mol. The summed E-state index contributed by atoms with van der Waals surface area (Å²) in [6, 6.07) is 20.3. The van der Waals surface area contributed by atoms with Gasteiger partial charge in [0.25, 0.3) is 5.91 Å². The summed E-state index contributed by atoms with van der Waals surface area (Å²) in [7, 11) is 0. The van der Waals surface area contributed by atoms with Crippen molar-refractivity contribution in [2.45, 2.75) is 57.2 Å². The number of benzene rings is 2. The molecule has 0 unspecified atom stereocenters. The molecule has 2 aliphatic rings. The largest absolute Gasteiger partial charge is 0.450 e. The number of rotatable bonds is 7. The number of hydrogen-bond donors (Lipinski definition) is 2. The molecule has 0 radical (unpaired) electrons. The van der Waals surface area contributed by atoms with E-state index in [9.17, 15) is 9.59 Å². The highest BCUT2D eigenvalue weighted by Crippen LogP contribution is 2.35. The van der Waals surface area contributed by atoms with Crippen molar-refractivity contribution in [3.8, 4) is 11.3 Å². The van der Waals surface area contributed by atoms with E-state index in [0.29, 0.717) is 18.8 Å². The fraction of sp³-hybridized carbons (Fsp3) is 0.433. The van der Waals surface area contributed by atoms with Crippen molar-refractivity contribution in [1.29, 1.82) is 0 Å². The number of nitrogens with one attached hydrogen (secondary N) is 2. The minimum Gasteiger partial charge on any atom is -0.450 e. The second-order valence-corrected chi connectivity index (χ2v) is 10.1. The molecular formula is C30H37N5O3. The van der Waals surface area contributed by atoms with Crippen LogP contribution in [0.25, 0.3) is 11.3 Å². The summed E-state index contributed by atoms with van der Waals surface area (Å²) in [5.74, 6) is -0.0456. The topological polar surface area (TPSA) is 88.5 Å². The van der Waals surface area contributed by atoms with Crippen molar-refractivity contribution in [3.63, 3.8) is 0 Å². The van der Waals surface area contributed by atoms with E-state index >= 15 is 0 Å². The Morgan fingerprint density at radius 3 is 2.55 bits per heavy atom. The van der Waals surface area contributed by atoms with Crippen LogP contribution < -0.4 is 10.6 Å². The van der Waals surface area contributed by atoms with E-state index in [1.54, 1.807) is 13.3 Å². The standard InChI is InChI=1S/C30H37N5O3/c1-2-38-30(37)33-25-15-9-10-16-26(25)35-21-32-27(28(35)23-13-7-4-8-14-23)29(36)34-18-17-31-20-24(34)19-22-11-5-3-6-12-22/h3-8,11-14,21,24-26,31H,2,9-10,15-20H2,1H3,(H,33,37)/t24-,25-,26-/m1/s1. The van der Waals surface area contributed by atoms with E-state index < -0.39 is 6.09 Å². The van der Waals surface area contributed by atoms with E-state index in [-0.39, 0.29) is 24.0 Å².